The Kier molecular flexibility index (Phi) is 4.74. The first kappa shape index (κ1) is 13.5. The molecular weight excluding hydrogens is 296 g/mol. The number of halogens is 1. The summed E-state index contributed by atoms with van der Waals surface area (Å²) in [5.74, 6) is -0.791. The van der Waals surface area contributed by atoms with Gasteiger partial charge in [-0.25, -0.2) is 0 Å². The maximum atomic E-state index is 10.5. The summed E-state index contributed by atoms with van der Waals surface area (Å²) < 4.78 is 1.10. The van der Waals surface area contributed by atoms with E-state index in [2.05, 4.69) is 38.3 Å². The summed E-state index contributed by atoms with van der Waals surface area (Å²) in [6, 6.07) is 8.59. The van der Waals surface area contributed by atoms with Crippen molar-refractivity contribution >= 4 is 21.9 Å². The second kappa shape index (κ2) is 6.31. The maximum Gasteiger partial charge on any atom is 0.317 e. The highest BCUT2D eigenvalue weighted by Crippen LogP contribution is 2.16. The van der Waals surface area contributed by atoms with E-state index < -0.39 is 5.97 Å². The summed E-state index contributed by atoms with van der Waals surface area (Å²) >= 11 is 3.47. The largest absolute Gasteiger partial charge is 0.480 e. The zero-order valence-electron chi connectivity index (χ0n) is 10.1. The highest BCUT2D eigenvalue weighted by molar-refractivity contribution is 9.10. The molecule has 1 saturated heterocycles. The van der Waals surface area contributed by atoms with Gasteiger partial charge in [0.2, 0.25) is 0 Å². The van der Waals surface area contributed by atoms with Gasteiger partial charge in [-0.05, 0) is 24.1 Å². The maximum absolute atomic E-state index is 10.5. The second-order valence-electron chi connectivity index (χ2n) is 4.63. The van der Waals surface area contributed by atoms with Gasteiger partial charge in [-0.1, -0.05) is 28.1 Å². The minimum atomic E-state index is -0.791. The Balaban J connectivity index is 1.80. The van der Waals surface area contributed by atoms with Crippen LogP contribution in [0.3, 0.4) is 0 Å². The number of carboxylic acid groups (broad SMARTS) is 1. The third-order valence-electron chi connectivity index (χ3n) is 3.11. The van der Waals surface area contributed by atoms with Gasteiger partial charge in [0.1, 0.15) is 0 Å². The van der Waals surface area contributed by atoms with Gasteiger partial charge in [0, 0.05) is 30.1 Å². The van der Waals surface area contributed by atoms with Gasteiger partial charge >= 0.3 is 5.97 Å². The molecular formula is C13H17BrN2O2. The van der Waals surface area contributed by atoms with E-state index in [1.807, 2.05) is 12.1 Å². The topological polar surface area (TPSA) is 52.6 Å². The van der Waals surface area contributed by atoms with Crippen LogP contribution in [0.5, 0.6) is 0 Å². The minimum Gasteiger partial charge on any atom is -0.480 e. The molecule has 0 aliphatic carbocycles. The van der Waals surface area contributed by atoms with E-state index in [9.17, 15) is 4.79 Å². The normalized spacial score (nSPS) is 20.2. The average molecular weight is 313 g/mol. The standard InChI is InChI=1S/C13H17BrN2O2/c14-11-3-1-2-10(6-11)8-16-5-4-12(9-16)15-7-13(17)18/h1-3,6,12,15H,4-5,7-9H2,(H,17,18). The molecule has 1 aromatic rings. The molecule has 0 radical (unpaired) electrons. The van der Waals surface area contributed by atoms with Gasteiger partial charge in [-0.15, -0.1) is 0 Å². The highest BCUT2D eigenvalue weighted by Gasteiger charge is 2.22. The fraction of sp³-hybridized carbons (Fsp3) is 0.462. The number of nitrogens with one attached hydrogen (secondary N) is 1. The molecule has 2 rings (SSSR count). The van der Waals surface area contributed by atoms with E-state index in [4.69, 9.17) is 5.11 Å². The third-order valence-corrected chi connectivity index (χ3v) is 3.60. The molecule has 98 valence electrons. The van der Waals surface area contributed by atoms with Crippen LogP contribution in [0.25, 0.3) is 0 Å². The Morgan fingerprint density at radius 1 is 1.56 bits per heavy atom. The number of hydrogen-bond acceptors (Lipinski definition) is 3. The Labute approximate surface area is 115 Å². The molecule has 2 N–H and O–H groups in total. The molecule has 1 aromatic carbocycles. The van der Waals surface area contributed by atoms with Gasteiger partial charge in [0.25, 0.3) is 0 Å². The van der Waals surface area contributed by atoms with E-state index in [0.717, 1.165) is 30.5 Å². The minimum absolute atomic E-state index is 0.0510. The van der Waals surface area contributed by atoms with Gasteiger partial charge < -0.3 is 10.4 Å². The fourth-order valence-electron chi connectivity index (χ4n) is 2.27. The zero-order chi connectivity index (χ0) is 13.0. The molecule has 1 heterocycles. The van der Waals surface area contributed by atoms with Crippen molar-refractivity contribution in [3.8, 4) is 0 Å². The van der Waals surface area contributed by atoms with Crippen LogP contribution in [-0.4, -0.2) is 41.7 Å². The molecule has 0 saturated carbocycles. The summed E-state index contributed by atoms with van der Waals surface area (Å²) in [6.07, 6.45) is 1.02. The molecule has 1 fully saturated rings. The lowest BCUT2D eigenvalue weighted by Gasteiger charge is -2.16. The smallest absolute Gasteiger partial charge is 0.317 e. The van der Waals surface area contributed by atoms with E-state index in [0.29, 0.717) is 6.04 Å². The molecule has 1 atom stereocenters. The number of rotatable bonds is 5. The van der Waals surface area contributed by atoms with Crippen LogP contribution in [0.2, 0.25) is 0 Å². The van der Waals surface area contributed by atoms with Crippen molar-refractivity contribution in [1.82, 2.24) is 10.2 Å². The van der Waals surface area contributed by atoms with Crippen LogP contribution in [0.1, 0.15) is 12.0 Å². The van der Waals surface area contributed by atoms with Crippen LogP contribution in [0, 0.1) is 0 Å². The number of carboxylic acids is 1. The predicted molar refractivity (Wildman–Crippen MR) is 73.5 cm³/mol. The molecule has 5 heteroatoms. The van der Waals surface area contributed by atoms with E-state index in [1.165, 1.54) is 5.56 Å². The molecule has 0 spiro atoms. The second-order valence-corrected chi connectivity index (χ2v) is 5.54. The van der Waals surface area contributed by atoms with E-state index in [1.54, 1.807) is 0 Å². The number of aliphatic carboxylic acids is 1. The highest BCUT2D eigenvalue weighted by atomic mass is 79.9. The Bertz CT molecular complexity index is 425. The number of likely N-dealkylation sites (tertiary alicyclic amines) is 1. The lowest BCUT2D eigenvalue weighted by molar-refractivity contribution is -0.136. The number of benzene rings is 1. The molecule has 1 unspecified atom stereocenters. The Hall–Kier alpha value is -0.910. The first-order chi connectivity index (χ1) is 8.63. The SMILES string of the molecule is O=C(O)CNC1CCN(Cc2cccc(Br)c2)C1. The van der Waals surface area contributed by atoms with Crippen molar-refractivity contribution in [3.05, 3.63) is 34.3 Å². The van der Waals surface area contributed by atoms with Gasteiger partial charge in [0.15, 0.2) is 0 Å². The third kappa shape index (κ3) is 4.08. The van der Waals surface area contributed by atoms with E-state index in [-0.39, 0.29) is 6.54 Å². The van der Waals surface area contributed by atoms with Crippen LogP contribution >= 0.6 is 15.9 Å². The van der Waals surface area contributed by atoms with Crippen molar-refractivity contribution in [2.45, 2.75) is 19.0 Å². The molecule has 0 aromatic heterocycles. The first-order valence-corrected chi connectivity index (χ1v) is 6.85. The van der Waals surface area contributed by atoms with Crippen molar-refractivity contribution in [2.75, 3.05) is 19.6 Å². The van der Waals surface area contributed by atoms with Crippen molar-refractivity contribution < 1.29 is 9.90 Å². The summed E-state index contributed by atoms with van der Waals surface area (Å²) in [5, 5.41) is 11.7. The van der Waals surface area contributed by atoms with Gasteiger partial charge in [0.05, 0.1) is 6.54 Å². The lowest BCUT2D eigenvalue weighted by Crippen LogP contribution is -2.35. The number of carbonyl (C=O) groups is 1. The molecule has 1 aliphatic rings. The molecule has 0 amide bonds. The van der Waals surface area contributed by atoms with Gasteiger partial charge in [-0.2, -0.15) is 0 Å². The molecule has 0 bridgehead atoms. The van der Waals surface area contributed by atoms with Crippen molar-refractivity contribution in [1.29, 1.82) is 0 Å². The summed E-state index contributed by atoms with van der Waals surface area (Å²) in [7, 11) is 0. The van der Waals surface area contributed by atoms with Crippen molar-refractivity contribution in [3.63, 3.8) is 0 Å². The van der Waals surface area contributed by atoms with Crippen LogP contribution in [0.15, 0.2) is 28.7 Å². The lowest BCUT2D eigenvalue weighted by atomic mass is 10.2. The van der Waals surface area contributed by atoms with Gasteiger partial charge in [-0.3, -0.25) is 9.69 Å². The Morgan fingerprint density at radius 2 is 2.39 bits per heavy atom. The van der Waals surface area contributed by atoms with Crippen molar-refractivity contribution in [2.24, 2.45) is 0 Å². The monoisotopic (exact) mass is 312 g/mol. The zero-order valence-corrected chi connectivity index (χ0v) is 11.7. The molecule has 18 heavy (non-hydrogen) atoms. The Morgan fingerprint density at radius 3 is 3.11 bits per heavy atom. The molecule has 1 aliphatic heterocycles. The predicted octanol–water partition coefficient (Wildman–Crippen LogP) is 1.70. The fourth-order valence-corrected chi connectivity index (χ4v) is 2.71. The number of hydrogen-bond donors (Lipinski definition) is 2. The summed E-state index contributed by atoms with van der Waals surface area (Å²) in [4.78, 5) is 12.8. The summed E-state index contributed by atoms with van der Waals surface area (Å²) in [5.41, 5.74) is 1.28. The van der Waals surface area contributed by atoms with Crippen LogP contribution in [0.4, 0.5) is 0 Å². The number of nitrogens with zero attached hydrogens (tertiary/aromatic N) is 1. The first-order valence-electron chi connectivity index (χ1n) is 6.05. The average Bonchev–Trinajstić information content (AvgIpc) is 2.74. The van der Waals surface area contributed by atoms with E-state index >= 15 is 0 Å². The van der Waals surface area contributed by atoms with Crippen LogP contribution in [-0.2, 0) is 11.3 Å². The quantitative estimate of drug-likeness (QED) is 0.869. The summed E-state index contributed by atoms with van der Waals surface area (Å²) in [6.45, 7) is 2.91. The van der Waals surface area contributed by atoms with Crippen LogP contribution < -0.4 is 5.32 Å². The molecule has 4 nitrogen and oxygen atoms in total.